The maximum atomic E-state index is 11.8. The number of carboxylic acid groups (broad SMARTS) is 1. The number of benzene rings is 2. The van der Waals surface area contributed by atoms with Crippen molar-refractivity contribution in [2.45, 2.75) is 19.4 Å². The Labute approximate surface area is 173 Å². The first-order chi connectivity index (χ1) is 13.1. The van der Waals surface area contributed by atoms with Gasteiger partial charge in [0.25, 0.3) is 0 Å². The van der Waals surface area contributed by atoms with E-state index in [1.165, 1.54) is 5.56 Å². The number of ether oxygens (including phenoxy) is 1. The Hall–Kier alpha value is -2.24. The van der Waals surface area contributed by atoms with Gasteiger partial charge < -0.3 is 20.1 Å². The van der Waals surface area contributed by atoms with Gasteiger partial charge in [-0.05, 0) is 55.1 Å². The molecule has 0 unspecified atom stereocenters. The van der Waals surface area contributed by atoms with E-state index < -0.39 is 5.97 Å². The summed E-state index contributed by atoms with van der Waals surface area (Å²) < 4.78 is 5.30. The maximum Gasteiger partial charge on any atom is 0.307 e. The van der Waals surface area contributed by atoms with E-state index in [0.29, 0.717) is 6.42 Å². The highest BCUT2D eigenvalue weighted by Crippen LogP contribution is 2.25. The van der Waals surface area contributed by atoms with E-state index in [9.17, 15) is 9.90 Å². The molecule has 2 N–H and O–H groups in total. The van der Waals surface area contributed by atoms with Gasteiger partial charge in [0.05, 0.1) is 13.0 Å². The first-order valence-electron chi connectivity index (χ1n) is 9.43. The van der Waals surface area contributed by atoms with Gasteiger partial charge in [-0.1, -0.05) is 30.3 Å². The molecule has 0 aromatic heterocycles. The Morgan fingerprint density at radius 3 is 2.68 bits per heavy atom. The molecule has 1 aliphatic heterocycles. The predicted octanol–water partition coefficient (Wildman–Crippen LogP) is 3.61. The number of aliphatic carboxylic acids is 1. The topological polar surface area (TPSA) is 61.8 Å². The third-order valence-electron chi connectivity index (χ3n) is 5.35. The number of halogens is 1. The summed E-state index contributed by atoms with van der Waals surface area (Å²) in [7, 11) is 3.72. The van der Waals surface area contributed by atoms with E-state index in [1.54, 1.807) is 7.11 Å². The zero-order valence-electron chi connectivity index (χ0n) is 16.4. The average Bonchev–Trinajstić information content (AvgIpc) is 3.20. The van der Waals surface area contributed by atoms with Gasteiger partial charge in [-0.3, -0.25) is 4.79 Å². The van der Waals surface area contributed by atoms with Gasteiger partial charge >= 0.3 is 5.97 Å². The molecule has 0 bridgehead atoms. The van der Waals surface area contributed by atoms with Crippen LogP contribution in [0.1, 0.15) is 17.5 Å². The molecular weight excluding hydrogens is 376 g/mol. The van der Waals surface area contributed by atoms with Crippen LogP contribution in [0.3, 0.4) is 0 Å². The number of carbonyl (C=O) groups is 1. The van der Waals surface area contributed by atoms with Gasteiger partial charge in [0.2, 0.25) is 0 Å². The van der Waals surface area contributed by atoms with E-state index in [-0.39, 0.29) is 24.2 Å². The minimum Gasteiger partial charge on any atom is -0.497 e. The van der Waals surface area contributed by atoms with Crippen molar-refractivity contribution in [3.05, 3.63) is 59.7 Å². The molecule has 2 aromatic carbocycles. The van der Waals surface area contributed by atoms with Crippen LogP contribution in [-0.2, 0) is 17.8 Å². The third kappa shape index (κ3) is 5.63. The lowest BCUT2D eigenvalue weighted by molar-refractivity contribution is -0.143. The smallest absolute Gasteiger partial charge is 0.307 e. The van der Waals surface area contributed by atoms with E-state index in [2.05, 4.69) is 28.4 Å². The normalized spacial score (nSPS) is 16.9. The van der Waals surface area contributed by atoms with Crippen LogP contribution in [0.5, 0.6) is 5.75 Å². The maximum absolute atomic E-state index is 11.8. The molecule has 0 saturated carbocycles. The number of hydrogen-bond donors (Lipinski definition) is 2. The van der Waals surface area contributed by atoms with Crippen molar-refractivity contribution in [2.75, 3.05) is 32.1 Å². The van der Waals surface area contributed by atoms with Crippen LogP contribution in [0.2, 0.25) is 0 Å². The van der Waals surface area contributed by atoms with Gasteiger partial charge in [0.15, 0.2) is 0 Å². The highest BCUT2D eigenvalue weighted by atomic mass is 35.5. The summed E-state index contributed by atoms with van der Waals surface area (Å²) in [5, 5.41) is 12.9. The monoisotopic (exact) mass is 404 g/mol. The molecule has 0 aliphatic carbocycles. The van der Waals surface area contributed by atoms with Gasteiger partial charge in [0.1, 0.15) is 5.75 Å². The van der Waals surface area contributed by atoms with E-state index >= 15 is 0 Å². The summed E-state index contributed by atoms with van der Waals surface area (Å²) in [5.74, 6) is 0.0298. The Kier molecular flexibility index (Phi) is 8.15. The Morgan fingerprint density at radius 2 is 2.00 bits per heavy atom. The second-order valence-corrected chi connectivity index (χ2v) is 7.28. The number of anilines is 1. The average molecular weight is 405 g/mol. The molecule has 1 heterocycles. The Bertz CT molecular complexity index is 778. The molecule has 28 heavy (non-hydrogen) atoms. The van der Waals surface area contributed by atoms with Gasteiger partial charge in [-0.25, -0.2) is 0 Å². The Balaban J connectivity index is 0.00000280. The predicted molar refractivity (Wildman–Crippen MR) is 115 cm³/mol. The lowest BCUT2D eigenvalue weighted by Gasteiger charge is -2.21. The number of hydrogen-bond acceptors (Lipinski definition) is 4. The molecular formula is C22H29ClN2O3. The molecule has 2 aromatic rings. The summed E-state index contributed by atoms with van der Waals surface area (Å²) in [6.45, 7) is 2.47. The number of carboxylic acids is 1. The molecule has 6 heteroatoms. The molecule has 3 rings (SSSR count). The van der Waals surface area contributed by atoms with Crippen molar-refractivity contribution in [3.8, 4) is 5.75 Å². The standard InChI is InChI=1S/C22H28N2O3.ClH/c1-24(19-7-4-8-20(13-19)27-2)15-17-6-3-5-16(11-17)12-21(22(25)26)18-9-10-23-14-18;/h3-8,11,13,18,21,23H,9-10,12,14-15H2,1-2H3,(H,25,26);1H/t18-,21-;/m0./s1. The number of rotatable bonds is 8. The van der Waals surface area contributed by atoms with Crippen LogP contribution in [0.25, 0.3) is 0 Å². The van der Waals surface area contributed by atoms with Gasteiger partial charge in [0, 0.05) is 25.3 Å². The van der Waals surface area contributed by atoms with Crippen LogP contribution in [0.15, 0.2) is 48.5 Å². The minimum absolute atomic E-state index is 0. The molecule has 0 radical (unpaired) electrons. The van der Waals surface area contributed by atoms with E-state index in [4.69, 9.17) is 4.74 Å². The van der Waals surface area contributed by atoms with Crippen molar-refractivity contribution in [3.63, 3.8) is 0 Å². The first-order valence-corrected chi connectivity index (χ1v) is 9.43. The number of methoxy groups -OCH3 is 1. The minimum atomic E-state index is -0.692. The van der Waals surface area contributed by atoms with Crippen molar-refractivity contribution in [2.24, 2.45) is 11.8 Å². The number of nitrogens with one attached hydrogen (secondary N) is 1. The fourth-order valence-electron chi connectivity index (χ4n) is 3.80. The SMILES string of the molecule is COc1cccc(N(C)Cc2cccc(C[C@H](C(=O)O)[C@H]3CCNC3)c2)c1.Cl. The van der Waals surface area contributed by atoms with Crippen LogP contribution in [-0.4, -0.2) is 38.3 Å². The fourth-order valence-corrected chi connectivity index (χ4v) is 3.80. The third-order valence-corrected chi connectivity index (χ3v) is 5.35. The van der Waals surface area contributed by atoms with Crippen LogP contribution >= 0.6 is 12.4 Å². The molecule has 152 valence electrons. The van der Waals surface area contributed by atoms with Gasteiger partial charge in [-0.2, -0.15) is 0 Å². The zero-order chi connectivity index (χ0) is 19.2. The van der Waals surface area contributed by atoms with Crippen LogP contribution in [0, 0.1) is 11.8 Å². The summed E-state index contributed by atoms with van der Waals surface area (Å²) in [6.07, 6.45) is 1.52. The molecule has 0 spiro atoms. The second-order valence-electron chi connectivity index (χ2n) is 7.28. The zero-order valence-corrected chi connectivity index (χ0v) is 17.2. The van der Waals surface area contributed by atoms with E-state index in [1.807, 2.05) is 37.4 Å². The molecule has 1 saturated heterocycles. The van der Waals surface area contributed by atoms with Crippen LogP contribution in [0.4, 0.5) is 5.69 Å². The molecule has 1 fully saturated rings. The molecule has 0 amide bonds. The first kappa shape index (κ1) is 22.1. The molecule has 2 atom stereocenters. The fraction of sp³-hybridized carbons (Fsp3) is 0.409. The summed E-state index contributed by atoms with van der Waals surface area (Å²) >= 11 is 0. The Morgan fingerprint density at radius 1 is 1.25 bits per heavy atom. The van der Waals surface area contributed by atoms with Crippen molar-refractivity contribution in [1.29, 1.82) is 0 Å². The lowest BCUT2D eigenvalue weighted by Crippen LogP contribution is -2.27. The highest BCUT2D eigenvalue weighted by molar-refractivity contribution is 5.85. The van der Waals surface area contributed by atoms with Crippen molar-refractivity contribution >= 4 is 24.1 Å². The molecule has 5 nitrogen and oxygen atoms in total. The highest BCUT2D eigenvalue weighted by Gasteiger charge is 2.30. The van der Waals surface area contributed by atoms with Crippen LogP contribution < -0.4 is 15.0 Å². The lowest BCUT2D eigenvalue weighted by atomic mass is 9.86. The largest absolute Gasteiger partial charge is 0.497 e. The summed E-state index contributed by atoms with van der Waals surface area (Å²) in [5.41, 5.74) is 3.34. The summed E-state index contributed by atoms with van der Waals surface area (Å²) in [4.78, 5) is 13.9. The van der Waals surface area contributed by atoms with Crippen molar-refractivity contribution < 1.29 is 14.6 Å². The second kappa shape index (κ2) is 10.3. The van der Waals surface area contributed by atoms with Crippen molar-refractivity contribution in [1.82, 2.24) is 5.32 Å². The number of nitrogens with zero attached hydrogens (tertiary/aromatic N) is 1. The quantitative estimate of drug-likeness (QED) is 0.703. The molecule has 1 aliphatic rings. The van der Waals surface area contributed by atoms with E-state index in [0.717, 1.165) is 43.1 Å². The van der Waals surface area contributed by atoms with Gasteiger partial charge in [-0.15, -0.1) is 12.4 Å². The summed E-state index contributed by atoms with van der Waals surface area (Å²) in [6, 6.07) is 16.3.